The standard InChI is InChI=1S/C24H24BrN5O2S/c25-17-12-28-21(33-17)24(20(27)32)16-8-7-15(22(16)10-11-22)23(24,19(26)31)9-3-6-18-29-13-4-1-2-5-14(13)30-18/h1-2,4-5,7-8,12,15-16H,3,6,9-11H2,(H2,26,31)(H2,27,32)(H,29,30)/t15-,16+,23+,24-/m1/s1. The summed E-state index contributed by atoms with van der Waals surface area (Å²) in [4.78, 5) is 39.5. The number of imidazole rings is 1. The van der Waals surface area contributed by atoms with E-state index < -0.39 is 22.6 Å². The number of hydrogen-bond acceptors (Lipinski definition) is 5. The third-order valence-electron chi connectivity index (χ3n) is 8.33. The van der Waals surface area contributed by atoms with Gasteiger partial charge in [0.1, 0.15) is 16.2 Å². The summed E-state index contributed by atoms with van der Waals surface area (Å²) in [6.45, 7) is 0. The number of fused-ring (bicyclic) bond motifs is 1. The van der Waals surface area contributed by atoms with Gasteiger partial charge in [0.25, 0.3) is 0 Å². The van der Waals surface area contributed by atoms with Gasteiger partial charge in [0.2, 0.25) is 11.8 Å². The van der Waals surface area contributed by atoms with E-state index in [1.54, 1.807) is 6.20 Å². The fourth-order valence-electron chi connectivity index (χ4n) is 7.04. The SMILES string of the molecule is NC(=O)[C@]1(CCCc2nc3ccccc3[nH]2)[C@@H]2C=C[C@@H](C23CC3)[C@@]1(C(N)=O)c1ncc(Br)s1. The average Bonchev–Trinajstić information content (AvgIpc) is 3.05. The van der Waals surface area contributed by atoms with Crippen molar-refractivity contribution in [3.8, 4) is 0 Å². The number of nitrogens with two attached hydrogens (primary N) is 2. The number of benzene rings is 1. The van der Waals surface area contributed by atoms with Gasteiger partial charge in [-0.15, -0.1) is 11.3 Å². The summed E-state index contributed by atoms with van der Waals surface area (Å²) in [5, 5.41) is 0.590. The summed E-state index contributed by atoms with van der Waals surface area (Å²) in [7, 11) is 0. The number of aromatic amines is 1. The molecule has 0 radical (unpaired) electrons. The highest BCUT2D eigenvalue weighted by molar-refractivity contribution is 9.11. The van der Waals surface area contributed by atoms with E-state index >= 15 is 0 Å². The number of hydrogen-bond donors (Lipinski definition) is 3. The molecule has 9 heteroatoms. The second-order valence-corrected chi connectivity index (χ2v) is 12.0. The normalized spacial score (nSPS) is 30.9. The monoisotopic (exact) mass is 525 g/mol. The Bertz CT molecular complexity index is 1290. The summed E-state index contributed by atoms with van der Waals surface area (Å²) in [6.07, 6.45) is 9.58. The van der Waals surface area contributed by atoms with Crippen molar-refractivity contribution in [3.05, 3.63) is 57.2 Å². The zero-order valence-electron chi connectivity index (χ0n) is 17.9. The number of carbonyl (C=O) groups excluding carboxylic acids is 2. The minimum Gasteiger partial charge on any atom is -0.369 e. The van der Waals surface area contributed by atoms with Gasteiger partial charge in [-0.2, -0.15) is 0 Å². The number of aryl methyl sites for hydroxylation is 1. The smallest absolute Gasteiger partial charge is 0.232 e. The maximum absolute atomic E-state index is 13.4. The van der Waals surface area contributed by atoms with Gasteiger partial charge >= 0.3 is 0 Å². The first-order valence-electron chi connectivity index (χ1n) is 11.2. The number of thiazole rings is 1. The van der Waals surface area contributed by atoms with Crippen molar-refractivity contribution in [2.45, 2.75) is 37.5 Å². The maximum Gasteiger partial charge on any atom is 0.232 e. The van der Waals surface area contributed by atoms with Crippen LogP contribution in [0.5, 0.6) is 0 Å². The van der Waals surface area contributed by atoms with Crippen LogP contribution in [0.25, 0.3) is 11.0 Å². The number of carbonyl (C=O) groups is 2. The van der Waals surface area contributed by atoms with Crippen molar-refractivity contribution >= 4 is 50.1 Å². The lowest BCUT2D eigenvalue weighted by Crippen LogP contribution is -2.62. The number of rotatable bonds is 7. The molecule has 0 unspecified atom stereocenters. The average molecular weight is 526 g/mol. The fraction of sp³-hybridized carbons (Fsp3) is 0.417. The van der Waals surface area contributed by atoms with Crippen LogP contribution in [0, 0.1) is 22.7 Å². The van der Waals surface area contributed by atoms with Crippen molar-refractivity contribution in [2.24, 2.45) is 34.1 Å². The zero-order valence-corrected chi connectivity index (χ0v) is 20.3. The van der Waals surface area contributed by atoms with Crippen LogP contribution in [0.15, 0.2) is 46.4 Å². The quantitative estimate of drug-likeness (QED) is 0.407. The Labute approximate surface area is 203 Å². The van der Waals surface area contributed by atoms with Crippen LogP contribution in [0.3, 0.4) is 0 Å². The van der Waals surface area contributed by atoms with Gasteiger partial charge in [-0.3, -0.25) is 9.59 Å². The molecule has 2 amide bonds. The third-order valence-corrected chi connectivity index (χ3v) is 9.94. The molecule has 0 aliphatic heterocycles. The van der Waals surface area contributed by atoms with E-state index in [1.165, 1.54) is 11.3 Å². The lowest BCUT2D eigenvalue weighted by Gasteiger charge is -2.46. The van der Waals surface area contributed by atoms with E-state index in [-0.39, 0.29) is 17.3 Å². The second-order valence-electron chi connectivity index (χ2n) is 9.60. The first-order chi connectivity index (χ1) is 15.9. The van der Waals surface area contributed by atoms with Crippen LogP contribution in [0.1, 0.15) is 36.5 Å². The second kappa shape index (κ2) is 6.99. The van der Waals surface area contributed by atoms with Crippen molar-refractivity contribution in [3.63, 3.8) is 0 Å². The highest BCUT2D eigenvalue weighted by Crippen LogP contribution is 2.80. The maximum atomic E-state index is 13.4. The number of amides is 2. The number of para-hydroxylation sites is 2. The number of aromatic nitrogens is 3. The molecule has 0 saturated heterocycles. The van der Waals surface area contributed by atoms with Crippen LogP contribution in [-0.4, -0.2) is 26.8 Å². The van der Waals surface area contributed by atoms with Gasteiger partial charge in [0.05, 0.1) is 26.4 Å². The number of nitrogens with zero attached hydrogens (tertiary/aromatic N) is 2. The van der Waals surface area contributed by atoms with E-state index in [0.717, 1.165) is 33.5 Å². The highest BCUT2D eigenvalue weighted by atomic mass is 79.9. The molecular formula is C24H24BrN5O2S. The van der Waals surface area contributed by atoms with Crippen molar-refractivity contribution in [1.29, 1.82) is 0 Å². The number of nitrogens with one attached hydrogen (secondary N) is 1. The van der Waals surface area contributed by atoms with Crippen molar-refractivity contribution in [2.75, 3.05) is 0 Å². The highest BCUT2D eigenvalue weighted by Gasteiger charge is 2.83. The molecule has 2 fully saturated rings. The molecule has 2 saturated carbocycles. The van der Waals surface area contributed by atoms with Crippen molar-refractivity contribution in [1.82, 2.24) is 15.0 Å². The Morgan fingerprint density at radius 3 is 2.55 bits per heavy atom. The minimum absolute atomic E-state index is 0.113. The van der Waals surface area contributed by atoms with Crippen molar-refractivity contribution < 1.29 is 9.59 Å². The first-order valence-corrected chi connectivity index (χ1v) is 12.8. The van der Waals surface area contributed by atoms with Gasteiger partial charge < -0.3 is 16.5 Å². The summed E-state index contributed by atoms with van der Waals surface area (Å²) < 4.78 is 0.801. The van der Waals surface area contributed by atoms with E-state index in [0.29, 0.717) is 24.3 Å². The van der Waals surface area contributed by atoms with E-state index in [1.807, 2.05) is 24.3 Å². The summed E-state index contributed by atoms with van der Waals surface area (Å²) in [6, 6.07) is 7.89. The van der Waals surface area contributed by atoms with Gasteiger partial charge in [0.15, 0.2) is 0 Å². The van der Waals surface area contributed by atoms with Crippen LogP contribution in [0.2, 0.25) is 0 Å². The molecule has 170 valence electrons. The van der Waals surface area contributed by atoms with Crippen LogP contribution >= 0.6 is 27.3 Å². The predicted molar refractivity (Wildman–Crippen MR) is 129 cm³/mol. The molecule has 4 atom stereocenters. The number of halogens is 1. The molecule has 2 aromatic heterocycles. The molecule has 3 aromatic rings. The third kappa shape index (κ3) is 2.55. The minimum atomic E-state index is -1.24. The Morgan fingerprint density at radius 1 is 1.15 bits per heavy atom. The van der Waals surface area contributed by atoms with Gasteiger partial charge in [-0.25, -0.2) is 9.97 Å². The lowest BCUT2D eigenvalue weighted by atomic mass is 9.55. The molecule has 2 bridgehead atoms. The number of primary amides is 2. The molecule has 3 aliphatic rings. The lowest BCUT2D eigenvalue weighted by molar-refractivity contribution is -0.143. The molecule has 33 heavy (non-hydrogen) atoms. The summed E-state index contributed by atoms with van der Waals surface area (Å²) >= 11 is 4.86. The van der Waals surface area contributed by atoms with E-state index in [9.17, 15) is 9.59 Å². The van der Waals surface area contributed by atoms with Gasteiger partial charge in [-0.05, 0) is 65.1 Å². The molecule has 1 aromatic carbocycles. The largest absolute Gasteiger partial charge is 0.369 e. The van der Waals surface area contributed by atoms with Crippen LogP contribution in [0.4, 0.5) is 0 Å². The van der Waals surface area contributed by atoms with Crippen LogP contribution < -0.4 is 11.5 Å². The van der Waals surface area contributed by atoms with Gasteiger partial charge in [0, 0.05) is 12.3 Å². The molecule has 2 heterocycles. The van der Waals surface area contributed by atoms with Crippen LogP contribution in [-0.2, 0) is 21.4 Å². The molecular weight excluding hydrogens is 502 g/mol. The molecule has 6 rings (SSSR count). The fourth-order valence-corrected chi connectivity index (χ4v) is 8.57. The predicted octanol–water partition coefficient (Wildman–Crippen LogP) is 3.60. The topological polar surface area (TPSA) is 128 Å². The summed E-state index contributed by atoms with van der Waals surface area (Å²) in [5.41, 5.74) is 11.9. The Kier molecular flexibility index (Phi) is 4.46. The molecule has 1 spiro atoms. The molecule has 7 nitrogen and oxygen atoms in total. The van der Waals surface area contributed by atoms with Gasteiger partial charge in [-0.1, -0.05) is 24.3 Å². The number of H-pyrrole nitrogens is 1. The zero-order chi connectivity index (χ0) is 23.0. The summed E-state index contributed by atoms with van der Waals surface area (Å²) in [5.74, 6) is -0.379. The van der Waals surface area contributed by atoms with E-state index in [4.69, 9.17) is 11.5 Å². The number of allylic oxidation sites excluding steroid dienone is 2. The first kappa shape index (κ1) is 21.0. The Morgan fingerprint density at radius 2 is 1.91 bits per heavy atom. The Balaban J connectivity index is 1.43. The molecule has 3 aliphatic carbocycles. The Hall–Kier alpha value is -2.52. The molecule has 5 N–H and O–H groups in total. The van der Waals surface area contributed by atoms with E-state index in [2.05, 4.69) is 43.0 Å².